The molecule has 1 heterocycles. The predicted molar refractivity (Wildman–Crippen MR) is 91.5 cm³/mol. The minimum atomic E-state index is -0.466. The first-order chi connectivity index (χ1) is 12.0. The van der Waals surface area contributed by atoms with E-state index in [1.54, 1.807) is 19.1 Å². The molecule has 8 heteroatoms. The molecular formula is C17H22N2O6. The molecule has 0 aliphatic rings. The molecule has 136 valence electrons. The van der Waals surface area contributed by atoms with E-state index in [0.29, 0.717) is 33.8 Å². The molecule has 8 nitrogen and oxygen atoms in total. The van der Waals surface area contributed by atoms with Crippen LogP contribution in [0.2, 0.25) is 0 Å². The summed E-state index contributed by atoms with van der Waals surface area (Å²) in [5.41, 5.74) is 0.873. The molecule has 0 saturated heterocycles. The number of benzene rings is 1. The maximum atomic E-state index is 12.6. The minimum Gasteiger partial charge on any atom is -0.496 e. The zero-order chi connectivity index (χ0) is 18.6. The van der Waals surface area contributed by atoms with Gasteiger partial charge in [-0.1, -0.05) is 0 Å². The molecule has 1 amide bonds. The number of ether oxygens (including phenoxy) is 4. The highest BCUT2D eigenvalue weighted by molar-refractivity contribution is 6.03. The fraction of sp³-hybridized carbons (Fsp3) is 0.412. The molecule has 0 saturated carbocycles. The quantitative estimate of drug-likeness (QED) is 0.766. The summed E-state index contributed by atoms with van der Waals surface area (Å²) in [6.07, 6.45) is 0. The van der Waals surface area contributed by atoms with Gasteiger partial charge in [0, 0.05) is 18.5 Å². The Labute approximate surface area is 145 Å². The third-order valence-corrected chi connectivity index (χ3v) is 3.69. The van der Waals surface area contributed by atoms with Gasteiger partial charge >= 0.3 is 5.97 Å². The van der Waals surface area contributed by atoms with Crippen molar-refractivity contribution < 1.29 is 28.5 Å². The number of amides is 1. The number of H-pyrrole nitrogens is 1. The third kappa shape index (κ3) is 3.62. The first-order valence-electron chi connectivity index (χ1n) is 7.69. The average molecular weight is 350 g/mol. The first-order valence-corrected chi connectivity index (χ1v) is 7.69. The van der Waals surface area contributed by atoms with Crippen LogP contribution in [0.4, 0.5) is 0 Å². The molecule has 1 N–H and O–H groups in total. The molecular weight excluding hydrogens is 328 g/mol. The SMILES string of the molecule is CCOC(=O)CN(C)C(=O)c1cc2c(OC)cc(OC)c(OC)c2[nH]1. The first kappa shape index (κ1) is 18.4. The molecule has 0 spiro atoms. The Hall–Kier alpha value is -2.90. The number of hydrogen-bond donors (Lipinski definition) is 1. The van der Waals surface area contributed by atoms with E-state index in [-0.39, 0.29) is 19.1 Å². The number of carbonyl (C=O) groups is 2. The number of methoxy groups -OCH3 is 3. The lowest BCUT2D eigenvalue weighted by atomic mass is 10.2. The number of nitrogens with zero attached hydrogens (tertiary/aromatic N) is 1. The number of rotatable bonds is 7. The van der Waals surface area contributed by atoms with Crippen molar-refractivity contribution in [2.75, 3.05) is 41.5 Å². The van der Waals surface area contributed by atoms with Gasteiger partial charge < -0.3 is 28.8 Å². The van der Waals surface area contributed by atoms with Gasteiger partial charge in [0.25, 0.3) is 5.91 Å². The number of aromatic nitrogens is 1. The van der Waals surface area contributed by atoms with Crippen LogP contribution in [-0.4, -0.2) is 63.3 Å². The molecule has 0 atom stereocenters. The molecule has 0 unspecified atom stereocenters. The highest BCUT2D eigenvalue weighted by Crippen LogP contribution is 2.41. The molecule has 1 aromatic heterocycles. The lowest BCUT2D eigenvalue weighted by molar-refractivity contribution is -0.143. The summed E-state index contributed by atoms with van der Waals surface area (Å²) in [5.74, 6) is 0.660. The van der Waals surface area contributed by atoms with Gasteiger partial charge in [-0.05, 0) is 13.0 Å². The van der Waals surface area contributed by atoms with Crippen LogP contribution in [0.5, 0.6) is 17.2 Å². The Kier molecular flexibility index (Phi) is 5.74. The second-order valence-electron chi connectivity index (χ2n) is 5.25. The summed E-state index contributed by atoms with van der Waals surface area (Å²) in [6.45, 7) is 1.84. The van der Waals surface area contributed by atoms with Crippen molar-refractivity contribution >= 4 is 22.8 Å². The summed E-state index contributed by atoms with van der Waals surface area (Å²) in [5, 5.41) is 0.674. The van der Waals surface area contributed by atoms with Gasteiger partial charge in [-0.25, -0.2) is 0 Å². The number of likely N-dealkylation sites (N-methyl/N-ethyl adjacent to an activating group) is 1. The van der Waals surface area contributed by atoms with Gasteiger partial charge in [-0.15, -0.1) is 0 Å². The average Bonchev–Trinajstić information content (AvgIpc) is 3.04. The van der Waals surface area contributed by atoms with Crippen LogP contribution < -0.4 is 14.2 Å². The van der Waals surface area contributed by atoms with E-state index in [2.05, 4.69) is 4.98 Å². The second-order valence-corrected chi connectivity index (χ2v) is 5.25. The monoisotopic (exact) mass is 350 g/mol. The van der Waals surface area contributed by atoms with Gasteiger partial charge in [0.15, 0.2) is 11.5 Å². The number of carbonyl (C=O) groups excluding carboxylic acids is 2. The summed E-state index contributed by atoms with van der Waals surface area (Å²) < 4.78 is 20.9. The summed E-state index contributed by atoms with van der Waals surface area (Å²) >= 11 is 0. The molecule has 25 heavy (non-hydrogen) atoms. The molecule has 2 rings (SSSR count). The Bertz CT molecular complexity index is 783. The van der Waals surface area contributed by atoms with Crippen molar-refractivity contribution in [3.05, 3.63) is 17.8 Å². The highest BCUT2D eigenvalue weighted by Gasteiger charge is 2.22. The van der Waals surface area contributed by atoms with Crippen molar-refractivity contribution in [1.82, 2.24) is 9.88 Å². The molecule has 1 aromatic carbocycles. The van der Waals surface area contributed by atoms with Crippen molar-refractivity contribution in [1.29, 1.82) is 0 Å². The van der Waals surface area contributed by atoms with E-state index in [4.69, 9.17) is 18.9 Å². The second kappa shape index (κ2) is 7.78. The number of fused-ring (bicyclic) bond motifs is 1. The Balaban J connectivity index is 2.43. The summed E-state index contributed by atoms with van der Waals surface area (Å²) in [4.78, 5) is 28.4. The largest absolute Gasteiger partial charge is 0.496 e. The van der Waals surface area contributed by atoms with E-state index >= 15 is 0 Å². The smallest absolute Gasteiger partial charge is 0.325 e. The summed E-state index contributed by atoms with van der Waals surface area (Å²) in [6, 6.07) is 3.34. The fourth-order valence-electron chi connectivity index (χ4n) is 2.53. The van der Waals surface area contributed by atoms with E-state index in [1.807, 2.05) is 0 Å². The minimum absolute atomic E-state index is 0.139. The van der Waals surface area contributed by atoms with Crippen LogP contribution in [0, 0.1) is 0 Å². The Morgan fingerprint density at radius 3 is 2.32 bits per heavy atom. The summed E-state index contributed by atoms with van der Waals surface area (Å²) in [7, 11) is 6.09. The molecule has 0 aliphatic carbocycles. The lowest BCUT2D eigenvalue weighted by Crippen LogP contribution is -2.33. The fourth-order valence-corrected chi connectivity index (χ4v) is 2.53. The molecule has 0 radical (unpaired) electrons. The number of hydrogen-bond acceptors (Lipinski definition) is 6. The zero-order valence-electron chi connectivity index (χ0n) is 15.0. The van der Waals surface area contributed by atoms with Gasteiger partial charge in [0.1, 0.15) is 18.0 Å². The third-order valence-electron chi connectivity index (χ3n) is 3.69. The number of esters is 1. The van der Waals surface area contributed by atoms with Crippen molar-refractivity contribution in [3.63, 3.8) is 0 Å². The Morgan fingerprint density at radius 1 is 1.08 bits per heavy atom. The zero-order valence-corrected chi connectivity index (χ0v) is 15.0. The van der Waals surface area contributed by atoms with E-state index in [0.717, 1.165) is 0 Å². The number of nitrogens with one attached hydrogen (secondary N) is 1. The lowest BCUT2D eigenvalue weighted by Gasteiger charge is -2.14. The van der Waals surface area contributed by atoms with Crippen molar-refractivity contribution in [2.45, 2.75) is 6.92 Å². The van der Waals surface area contributed by atoms with Crippen molar-refractivity contribution in [2.24, 2.45) is 0 Å². The topological polar surface area (TPSA) is 90.1 Å². The van der Waals surface area contributed by atoms with Crippen LogP contribution >= 0.6 is 0 Å². The molecule has 2 aromatic rings. The van der Waals surface area contributed by atoms with Gasteiger partial charge in [0.05, 0.1) is 33.5 Å². The standard InChI is InChI=1S/C17H22N2O6/c1-6-25-14(20)9-19(2)17(21)11-7-10-12(22-3)8-13(23-4)16(24-5)15(10)18-11/h7-8,18H,6,9H2,1-5H3. The van der Waals surface area contributed by atoms with Crippen LogP contribution in [-0.2, 0) is 9.53 Å². The molecule has 0 aliphatic heterocycles. The van der Waals surface area contributed by atoms with Gasteiger partial charge in [-0.3, -0.25) is 9.59 Å². The van der Waals surface area contributed by atoms with Crippen LogP contribution in [0.15, 0.2) is 12.1 Å². The predicted octanol–water partition coefficient (Wildman–Crippen LogP) is 1.83. The highest BCUT2D eigenvalue weighted by atomic mass is 16.5. The van der Waals surface area contributed by atoms with Crippen LogP contribution in [0.25, 0.3) is 10.9 Å². The Morgan fingerprint density at radius 2 is 1.76 bits per heavy atom. The maximum Gasteiger partial charge on any atom is 0.325 e. The van der Waals surface area contributed by atoms with E-state index < -0.39 is 5.97 Å². The van der Waals surface area contributed by atoms with Gasteiger partial charge in [-0.2, -0.15) is 0 Å². The molecule has 0 fully saturated rings. The molecule has 0 bridgehead atoms. The van der Waals surface area contributed by atoms with E-state index in [1.165, 1.54) is 33.3 Å². The van der Waals surface area contributed by atoms with Crippen molar-refractivity contribution in [3.8, 4) is 17.2 Å². The van der Waals surface area contributed by atoms with Crippen LogP contribution in [0.3, 0.4) is 0 Å². The number of aromatic amines is 1. The van der Waals surface area contributed by atoms with Gasteiger partial charge in [0.2, 0.25) is 0 Å². The maximum absolute atomic E-state index is 12.6. The van der Waals surface area contributed by atoms with E-state index in [9.17, 15) is 9.59 Å². The van der Waals surface area contributed by atoms with Crippen LogP contribution in [0.1, 0.15) is 17.4 Å². The normalized spacial score (nSPS) is 10.4.